The molecule has 0 aliphatic carbocycles. The molecule has 0 saturated heterocycles. The maximum absolute atomic E-state index is 14.5. The Bertz CT molecular complexity index is 980. The third-order valence-corrected chi connectivity index (χ3v) is 5.84. The number of benzene rings is 1. The number of fused-ring (bicyclic) bond motifs is 1. The molecule has 10 heteroatoms. The zero-order valence-corrected chi connectivity index (χ0v) is 15.0. The number of nitrogens with one attached hydrogen (secondary N) is 1. The van der Waals surface area contributed by atoms with Crippen LogP contribution in [0.3, 0.4) is 0 Å². The molecule has 1 aliphatic heterocycles. The van der Waals surface area contributed by atoms with Gasteiger partial charge >= 0.3 is 0 Å². The quantitative estimate of drug-likeness (QED) is 0.867. The molecule has 1 amide bonds. The van der Waals surface area contributed by atoms with E-state index in [1.165, 1.54) is 33.4 Å². The molecule has 1 atom stereocenters. The monoisotopic (exact) mass is 381 g/mol. The summed E-state index contributed by atoms with van der Waals surface area (Å²) in [5, 5.41) is 2.57. The summed E-state index contributed by atoms with van der Waals surface area (Å²) in [5.74, 6) is -1.48. The number of methoxy groups -OCH3 is 2. The molecule has 2 heterocycles. The molecule has 2 aromatic rings. The van der Waals surface area contributed by atoms with Crippen LogP contribution < -0.4 is 19.1 Å². The summed E-state index contributed by atoms with van der Waals surface area (Å²) in [4.78, 5) is 15.6. The van der Waals surface area contributed by atoms with E-state index >= 15 is 0 Å². The van der Waals surface area contributed by atoms with E-state index in [0.717, 1.165) is 16.4 Å². The van der Waals surface area contributed by atoms with E-state index in [2.05, 4.69) is 10.3 Å². The Hall–Kier alpha value is -2.88. The Morgan fingerprint density at radius 2 is 1.88 bits per heavy atom. The Morgan fingerprint density at radius 3 is 2.54 bits per heavy atom. The van der Waals surface area contributed by atoms with Crippen LogP contribution in [0, 0.1) is 5.82 Å². The summed E-state index contributed by atoms with van der Waals surface area (Å²) in [7, 11) is -1.83. The van der Waals surface area contributed by atoms with Crippen LogP contribution in [0.4, 0.5) is 15.9 Å². The number of pyridine rings is 1. The number of aromatic nitrogens is 1. The van der Waals surface area contributed by atoms with E-state index in [4.69, 9.17) is 9.47 Å². The number of carbonyl (C=O) groups is 1. The van der Waals surface area contributed by atoms with Gasteiger partial charge in [-0.3, -0.25) is 4.79 Å². The number of ether oxygens (including phenoxy) is 2. The molecule has 1 N–H and O–H groups in total. The standard InChI is InChI=1S/C16H16FN3O5S/c1-9-16(21)19-11-5-4-6-18-15(11)20(9)26(22,23)14-8-13(25-3)12(24-2)7-10(14)17/h4-9H,1-3H3,(H,19,21). The van der Waals surface area contributed by atoms with Gasteiger partial charge in [-0.25, -0.2) is 22.1 Å². The lowest BCUT2D eigenvalue weighted by Crippen LogP contribution is -2.49. The van der Waals surface area contributed by atoms with Gasteiger partial charge < -0.3 is 14.8 Å². The minimum Gasteiger partial charge on any atom is -0.493 e. The topological polar surface area (TPSA) is 97.8 Å². The minimum absolute atomic E-state index is 0.00813. The Labute approximate surface area is 149 Å². The van der Waals surface area contributed by atoms with Crippen LogP contribution in [0.2, 0.25) is 0 Å². The molecule has 0 bridgehead atoms. The molecule has 0 radical (unpaired) electrons. The lowest BCUT2D eigenvalue weighted by atomic mass is 10.2. The van der Waals surface area contributed by atoms with Gasteiger partial charge in [0.2, 0.25) is 5.91 Å². The summed E-state index contributed by atoms with van der Waals surface area (Å²) in [5.41, 5.74) is 0.222. The van der Waals surface area contributed by atoms with Gasteiger partial charge in [0.25, 0.3) is 10.0 Å². The molecule has 138 valence electrons. The van der Waals surface area contributed by atoms with Gasteiger partial charge in [-0.05, 0) is 19.1 Å². The van der Waals surface area contributed by atoms with E-state index < -0.39 is 32.7 Å². The molecule has 0 fully saturated rings. The summed E-state index contributed by atoms with van der Waals surface area (Å²) in [6.07, 6.45) is 1.39. The smallest absolute Gasteiger partial charge is 0.269 e. The van der Waals surface area contributed by atoms with Crippen molar-refractivity contribution >= 4 is 27.4 Å². The first-order valence-electron chi connectivity index (χ1n) is 7.53. The maximum Gasteiger partial charge on any atom is 0.269 e. The zero-order valence-electron chi connectivity index (χ0n) is 14.2. The van der Waals surface area contributed by atoms with Crippen molar-refractivity contribution in [1.82, 2.24) is 4.98 Å². The highest BCUT2D eigenvalue weighted by atomic mass is 32.2. The van der Waals surface area contributed by atoms with Crippen molar-refractivity contribution in [2.24, 2.45) is 0 Å². The highest BCUT2D eigenvalue weighted by Gasteiger charge is 2.41. The van der Waals surface area contributed by atoms with Gasteiger partial charge in [-0.15, -0.1) is 0 Å². The Balaban J connectivity index is 2.21. The van der Waals surface area contributed by atoms with Gasteiger partial charge in [0, 0.05) is 18.3 Å². The fourth-order valence-corrected chi connectivity index (χ4v) is 4.32. The zero-order chi connectivity index (χ0) is 19.1. The second kappa shape index (κ2) is 6.45. The molecule has 0 spiro atoms. The summed E-state index contributed by atoms with van der Waals surface area (Å²) in [6.45, 7) is 1.39. The van der Waals surface area contributed by atoms with Gasteiger partial charge in [0.05, 0.1) is 19.9 Å². The molecular formula is C16H16FN3O5S. The number of rotatable bonds is 4. The predicted molar refractivity (Wildman–Crippen MR) is 91.5 cm³/mol. The van der Waals surface area contributed by atoms with E-state index in [1.54, 1.807) is 6.07 Å². The molecule has 1 aromatic carbocycles. The summed E-state index contributed by atoms with van der Waals surface area (Å²) < 4.78 is 51.7. The molecule has 8 nitrogen and oxygen atoms in total. The molecule has 0 saturated carbocycles. The molecular weight excluding hydrogens is 365 g/mol. The van der Waals surface area contributed by atoms with Crippen LogP contribution in [0.15, 0.2) is 35.4 Å². The molecule has 1 aromatic heterocycles. The average molecular weight is 381 g/mol. The number of hydrogen-bond acceptors (Lipinski definition) is 6. The van der Waals surface area contributed by atoms with Gasteiger partial charge in [0.1, 0.15) is 16.8 Å². The first-order chi connectivity index (χ1) is 12.3. The highest BCUT2D eigenvalue weighted by molar-refractivity contribution is 7.93. The number of carbonyl (C=O) groups excluding carboxylic acids is 1. The normalized spacial score (nSPS) is 16.7. The van der Waals surface area contributed by atoms with Crippen molar-refractivity contribution in [2.45, 2.75) is 17.9 Å². The van der Waals surface area contributed by atoms with Crippen LogP contribution in [0.25, 0.3) is 0 Å². The maximum atomic E-state index is 14.5. The number of amides is 1. The third kappa shape index (κ3) is 2.71. The lowest BCUT2D eigenvalue weighted by Gasteiger charge is -2.34. The van der Waals surface area contributed by atoms with Crippen LogP contribution in [0.1, 0.15) is 6.92 Å². The van der Waals surface area contributed by atoms with Crippen molar-refractivity contribution in [3.8, 4) is 11.5 Å². The SMILES string of the molecule is COc1cc(F)c(S(=O)(=O)N2c3ncccc3NC(=O)C2C)cc1OC. The van der Waals surface area contributed by atoms with Crippen LogP contribution in [-0.4, -0.2) is 39.6 Å². The van der Waals surface area contributed by atoms with Crippen molar-refractivity contribution in [2.75, 3.05) is 23.8 Å². The largest absolute Gasteiger partial charge is 0.493 e. The van der Waals surface area contributed by atoms with E-state index in [1.807, 2.05) is 0 Å². The van der Waals surface area contributed by atoms with Crippen molar-refractivity contribution in [3.05, 3.63) is 36.3 Å². The van der Waals surface area contributed by atoms with Crippen LogP contribution in [0.5, 0.6) is 11.5 Å². The van der Waals surface area contributed by atoms with Crippen LogP contribution >= 0.6 is 0 Å². The molecule has 1 unspecified atom stereocenters. The van der Waals surface area contributed by atoms with Gasteiger partial charge in [-0.1, -0.05) is 0 Å². The first-order valence-corrected chi connectivity index (χ1v) is 8.97. The van der Waals surface area contributed by atoms with Gasteiger partial charge in [0.15, 0.2) is 17.3 Å². The Morgan fingerprint density at radius 1 is 1.23 bits per heavy atom. The molecule has 3 rings (SSSR count). The number of hydrogen-bond donors (Lipinski definition) is 1. The number of anilines is 2. The average Bonchev–Trinajstić information content (AvgIpc) is 2.61. The van der Waals surface area contributed by atoms with Crippen molar-refractivity contribution in [3.63, 3.8) is 0 Å². The van der Waals surface area contributed by atoms with E-state index in [0.29, 0.717) is 0 Å². The number of nitrogens with zero attached hydrogens (tertiary/aromatic N) is 2. The molecule has 1 aliphatic rings. The summed E-state index contributed by atoms with van der Waals surface area (Å²) in [6, 6.07) is 3.89. The van der Waals surface area contributed by atoms with E-state index in [-0.39, 0.29) is 23.0 Å². The predicted octanol–water partition coefficient (Wildman–Crippen LogP) is 1.77. The fraction of sp³-hybridized carbons (Fsp3) is 0.250. The Kier molecular flexibility index (Phi) is 4.45. The second-order valence-corrected chi connectivity index (χ2v) is 7.26. The highest BCUT2D eigenvalue weighted by Crippen LogP contribution is 2.38. The van der Waals surface area contributed by atoms with E-state index in [9.17, 15) is 17.6 Å². The van der Waals surface area contributed by atoms with Crippen LogP contribution in [-0.2, 0) is 14.8 Å². The summed E-state index contributed by atoms with van der Waals surface area (Å²) >= 11 is 0. The van der Waals surface area contributed by atoms with Crippen molar-refractivity contribution in [1.29, 1.82) is 0 Å². The second-order valence-electron chi connectivity index (χ2n) is 5.48. The first kappa shape index (κ1) is 17.9. The lowest BCUT2D eigenvalue weighted by molar-refractivity contribution is -0.117. The fourth-order valence-electron chi connectivity index (χ4n) is 2.66. The minimum atomic E-state index is -4.45. The van der Waals surface area contributed by atoms with Crippen molar-refractivity contribution < 1.29 is 27.1 Å². The third-order valence-electron chi connectivity index (χ3n) is 3.96. The van der Waals surface area contributed by atoms with Gasteiger partial charge in [-0.2, -0.15) is 0 Å². The molecule has 26 heavy (non-hydrogen) atoms. The number of halogens is 1. The number of sulfonamides is 1.